The van der Waals surface area contributed by atoms with Gasteiger partial charge in [-0.25, -0.2) is 0 Å². The maximum absolute atomic E-state index is 14.8. The molecule has 0 aliphatic carbocycles. The summed E-state index contributed by atoms with van der Waals surface area (Å²) in [6, 6.07) is 0. The summed E-state index contributed by atoms with van der Waals surface area (Å²) in [7, 11) is 3.97. The van der Waals surface area contributed by atoms with Crippen LogP contribution >= 0.6 is 0 Å². The molecule has 11 heteroatoms. The molecule has 0 atom stereocenters. The maximum atomic E-state index is 14.8. The van der Waals surface area contributed by atoms with Crippen molar-refractivity contribution in [3.05, 3.63) is 0 Å². The molecule has 422 valence electrons. The van der Waals surface area contributed by atoms with Crippen LogP contribution in [0.2, 0.25) is 0 Å². The average Bonchev–Trinajstić information content (AvgIpc) is 3.37. The Morgan fingerprint density at radius 3 is 1.36 bits per heavy atom. The number of ether oxygens (including phenoxy) is 3. The Morgan fingerprint density at radius 2 is 0.877 bits per heavy atom. The molecule has 0 rings (SSSR count). The quantitative estimate of drug-likeness (QED) is 0.0274. The zero-order valence-corrected chi connectivity index (χ0v) is 48.4. The summed E-state index contributed by atoms with van der Waals surface area (Å²) < 4.78 is 17.3. The molecule has 0 aromatic rings. The lowest BCUT2D eigenvalue weighted by Crippen LogP contribution is -2.61. The lowest BCUT2D eigenvalue weighted by Gasteiger charge is -2.43. The minimum absolute atomic E-state index is 0.0716. The Morgan fingerprint density at radius 1 is 0.452 bits per heavy atom. The highest BCUT2D eigenvalue weighted by Gasteiger charge is 2.45. The van der Waals surface area contributed by atoms with E-state index in [1.54, 1.807) is 4.90 Å². The Hall–Kier alpha value is -3.57. The molecular weight excluding hydrogens is 915 g/mol. The molecular formula is C62H111N3O8. The van der Waals surface area contributed by atoms with Gasteiger partial charge in [0.05, 0.1) is 0 Å². The Kier molecular flexibility index (Phi) is 48.1. The first kappa shape index (κ1) is 69.4. The van der Waals surface area contributed by atoms with Gasteiger partial charge in [0.1, 0.15) is 24.9 Å². The number of hydrogen-bond donors (Lipinski definition) is 1. The number of rotatable bonds is 49. The number of nitrogens with one attached hydrogen (secondary N) is 1. The summed E-state index contributed by atoms with van der Waals surface area (Å²) in [5, 5.41) is 3.16. The van der Waals surface area contributed by atoms with Gasteiger partial charge in [-0.05, 0) is 111 Å². The van der Waals surface area contributed by atoms with E-state index in [1.807, 2.05) is 14.1 Å². The fourth-order valence-electron chi connectivity index (χ4n) is 9.16. The second kappa shape index (κ2) is 50.6. The fraction of sp³-hybridized carbons (Fsp3) is 0.855. The molecule has 0 unspecified atom stereocenters. The van der Waals surface area contributed by atoms with E-state index in [9.17, 15) is 24.0 Å². The van der Waals surface area contributed by atoms with Crippen molar-refractivity contribution in [3.8, 4) is 23.7 Å². The fourth-order valence-corrected chi connectivity index (χ4v) is 9.16. The molecule has 0 bridgehead atoms. The average molecular weight is 1030 g/mol. The molecule has 0 radical (unpaired) electrons. The van der Waals surface area contributed by atoms with Crippen molar-refractivity contribution < 1.29 is 38.2 Å². The number of carbonyl (C=O) groups is 5. The normalized spacial score (nSPS) is 11.2. The Labute approximate surface area is 448 Å². The van der Waals surface area contributed by atoms with E-state index >= 15 is 0 Å². The van der Waals surface area contributed by atoms with Gasteiger partial charge in [-0.3, -0.25) is 24.0 Å². The predicted molar refractivity (Wildman–Crippen MR) is 302 cm³/mol. The highest BCUT2D eigenvalue weighted by molar-refractivity contribution is 5.91. The second-order valence-corrected chi connectivity index (χ2v) is 20.8. The molecule has 1 N–H and O–H groups in total. The lowest BCUT2D eigenvalue weighted by molar-refractivity contribution is -0.152. The van der Waals surface area contributed by atoms with Crippen LogP contribution in [0.25, 0.3) is 0 Å². The molecule has 0 fully saturated rings. The zero-order chi connectivity index (χ0) is 53.9. The van der Waals surface area contributed by atoms with E-state index in [1.165, 1.54) is 89.9 Å². The highest BCUT2D eigenvalue weighted by Crippen LogP contribution is 2.32. The molecule has 73 heavy (non-hydrogen) atoms. The van der Waals surface area contributed by atoms with Crippen molar-refractivity contribution in [2.45, 2.75) is 297 Å². The first-order valence-electron chi connectivity index (χ1n) is 30.2. The van der Waals surface area contributed by atoms with E-state index in [0.717, 1.165) is 77.0 Å². The van der Waals surface area contributed by atoms with Crippen LogP contribution in [-0.2, 0) is 38.2 Å². The molecule has 0 saturated carbocycles. The first-order valence-corrected chi connectivity index (χ1v) is 30.2. The maximum Gasteiger partial charge on any atom is 0.306 e. The smallest absolute Gasteiger partial charge is 0.306 e. The zero-order valence-electron chi connectivity index (χ0n) is 48.4. The van der Waals surface area contributed by atoms with Gasteiger partial charge in [0.2, 0.25) is 11.8 Å². The number of carbonyl (C=O) groups excluding carboxylic acids is 5. The van der Waals surface area contributed by atoms with Crippen molar-refractivity contribution >= 4 is 29.7 Å². The van der Waals surface area contributed by atoms with Gasteiger partial charge in [0.25, 0.3) is 0 Å². The third-order valence-corrected chi connectivity index (χ3v) is 13.6. The van der Waals surface area contributed by atoms with E-state index in [0.29, 0.717) is 64.6 Å². The summed E-state index contributed by atoms with van der Waals surface area (Å²) in [5.74, 6) is 11.2. The van der Waals surface area contributed by atoms with Gasteiger partial charge in [-0.15, -0.1) is 11.8 Å². The standard InChI is InChI=1S/C62H111N3O8/c1-8-13-18-22-26-28-32-38-54-71-58(67)47-40-49-62(61(70)63-51-17-12-5,50-41-48-59(68)72-55-39-33-29-27-23-19-14-9-2)65(53-42-52-64(6)7)57(66)45-36-37-46-60(69)73-56(43-34-30-24-20-15-10-3)44-35-31-25-21-16-11-4/h56H,8-27,30-31,34-55H2,1-7H3,(H,63,70). The summed E-state index contributed by atoms with van der Waals surface area (Å²) in [5.41, 5.74) is -1.33. The van der Waals surface area contributed by atoms with Gasteiger partial charge >= 0.3 is 17.9 Å². The molecule has 0 saturated heterocycles. The minimum Gasteiger partial charge on any atom is -0.465 e. The number of nitrogens with zero attached hydrogens (tertiary/aromatic N) is 2. The number of esters is 3. The monoisotopic (exact) mass is 1030 g/mol. The van der Waals surface area contributed by atoms with Crippen LogP contribution in [-0.4, -0.2) is 98.1 Å². The minimum atomic E-state index is -1.33. The van der Waals surface area contributed by atoms with Crippen LogP contribution in [0.3, 0.4) is 0 Å². The Bertz CT molecular complexity index is 1440. The third kappa shape index (κ3) is 40.4. The second-order valence-electron chi connectivity index (χ2n) is 20.8. The van der Waals surface area contributed by atoms with E-state index in [-0.39, 0.29) is 87.6 Å². The van der Waals surface area contributed by atoms with Crippen molar-refractivity contribution in [2.24, 2.45) is 0 Å². The number of unbranched alkanes of at least 4 members (excludes halogenated alkanes) is 20. The van der Waals surface area contributed by atoms with Crippen molar-refractivity contribution in [3.63, 3.8) is 0 Å². The van der Waals surface area contributed by atoms with Crippen molar-refractivity contribution in [1.82, 2.24) is 15.1 Å². The lowest BCUT2D eigenvalue weighted by atomic mass is 9.83. The third-order valence-electron chi connectivity index (χ3n) is 13.6. The number of amides is 2. The molecule has 0 aliphatic rings. The highest BCUT2D eigenvalue weighted by atomic mass is 16.5. The molecule has 0 aromatic heterocycles. The summed E-state index contributed by atoms with van der Waals surface area (Å²) in [4.78, 5) is 73.0. The predicted octanol–water partition coefficient (Wildman–Crippen LogP) is 14.5. The molecule has 0 spiro atoms. The topological polar surface area (TPSA) is 132 Å². The van der Waals surface area contributed by atoms with Gasteiger partial charge in [0, 0.05) is 64.5 Å². The van der Waals surface area contributed by atoms with Crippen molar-refractivity contribution in [1.29, 1.82) is 0 Å². The largest absolute Gasteiger partial charge is 0.465 e. The van der Waals surface area contributed by atoms with Gasteiger partial charge in [0.15, 0.2) is 0 Å². The van der Waals surface area contributed by atoms with Crippen LogP contribution in [0.4, 0.5) is 0 Å². The van der Waals surface area contributed by atoms with Gasteiger partial charge in [-0.2, -0.15) is 0 Å². The Balaban J connectivity index is 6.29. The molecule has 0 aromatic carbocycles. The van der Waals surface area contributed by atoms with E-state index in [2.05, 4.69) is 68.5 Å². The SMILES string of the molecule is CCCCCCC#CCCOC(=O)CCCC(CCCC(=O)OCCC#CCCCCCC)(C(=O)NCCCC)N(CCCN(C)C)C(=O)CCCCC(=O)OC(CCCCCCCC)CCCCCCCC. The summed E-state index contributed by atoms with van der Waals surface area (Å²) in [6.45, 7) is 12.8. The van der Waals surface area contributed by atoms with Crippen LogP contribution in [0.1, 0.15) is 285 Å². The van der Waals surface area contributed by atoms with Gasteiger partial charge in [-0.1, -0.05) is 156 Å². The van der Waals surface area contributed by atoms with Crippen LogP contribution < -0.4 is 5.32 Å². The van der Waals surface area contributed by atoms with Crippen molar-refractivity contribution in [2.75, 3.05) is 46.9 Å². The van der Waals surface area contributed by atoms with Crippen LogP contribution in [0.5, 0.6) is 0 Å². The molecule has 2 amide bonds. The van der Waals surface area contributed by atoms with E-state index in [4.69, 9.17) is 14.2 Å². The first-order chi connectivity index (χ1) is 35.5. The van der Waals surface area contributed by atoms with E-state index < -0.39 is 5.54 Å². The number of hydrogen-bond acceptors (Lipinski definition) is 9. The van der Waals surface area contributed by atoms with Crippen LogP contribution in [0.15, 0.2) is 0 Å². The summed E-state index contributed by atoms with van der Waals surface area (Å²) in [6.07, 6.45) is 32.8. The molecule has 11 nitrogen and oxygen atoms in total. The van der Waals surface area contributed by atoms with Gasteiger partial charge < -0.3 is 29.3 Å². The molecule has 0 heterocycles. The molecule has 0 aliphatic heterocycles. The summed E-state index contributed by atoms with van der Waals surface area (Å²) >= 11 is 0. The van der Waals surface area contributed by atoms with Crippen LogP contribution in [0, 0.1) is 23.7 Å².